The van der Waals surface area contributed by atoms with E-state index >= 15 is 0 Å². The minimum absolute atomic E-state index is 0.140. The minimum atomic E-state index is -0.745. The number of imidazole rings is 1. The molecule has 1 aliphatic heterocycles. The third kappa shape index (κ3) is 4.65. The lowest BCUT2D eigenvalue weighted by atomic mass is 10.0. The number of aromatic amines is 1. The molecule has 3 rings (SSSR count). The number of carbonyl (C=O) groups excluding carboxylic acids is 2. The molecule has 2 aromatic rings. The van der Waals surface area contributed by atoms with Crippen LogP contribution >= 0.6 is 15.9 Å². The largest absolute Gasteiger partial charge is 0.453 e. The standard InChI is InChI=1S/C21H24BrN5O3/c1-12(2)18(26-21(29)30-4)20(28)27-11-15(23-3)9-17(27)19-24-10-16(25-19)13-5-7-14(22)8-6-13/h5-8,10,12,15,17-18H,9,11H2,1-2,4H3,(H,24,25)(H,26,29)/t15?,17-,18-/m0/s1. The second-order valence-corrected chi connectivity index (χ2v) is 8.49. The highest BCUT2D eigenvalue weighted by Gasteiger charge is 2.44. The molecule has 1 saturated heterocycles. The number of likely N-dealkylation sites (tertiary alicyclic amines) is 1. The maximum Gasteiger partial charge on any atom is 0.407 e. The van der Waals surface area contributed by atoms with Gasteiger partial charge in [-0.1, -0.05) is 41.9 Å². The zero-order valence-electron chi connectivity index (χ0n) is 17.1. The van der Waals surface area contributed by atoms with Crippen molar-refractivity contribution in [3.05, 3.63) is 52.2 Å². The van der Waals surface area contributed by atoms with Gasteiger partial charge in [0.2, 0.25) is 11.9 Å². The number of hydrogen-bond acceptors (Lipinski definition) is 4. The fourth-order valence-corrected chi connectivity index (χ4v) is 3.83. The molecule has 1 unspecified atom stereocenters. The van der Waals surface area contributed by atoms with Gasteiger partial charge in [0.15, 0.2) is 0 Å². The van der Waals surface area contributed by atoms with Crippen molar-refractivity contribution >= 4 is 27.9 Å². The Hall–Kier alpha value is -2.86. The second-order valence-electron chi connectivity index (χ2n) is 7.57. The molecule has 1 aromatic heterocycles. The fourth-order valence-electron chi connectivity index (χ4n) is 3.57. The summed E-state index contributed by atoms with van der Waals surface area (Å²) in [5.74, 6) is 0.250. The lowest BCUT2D eigenvalue weighted by Gasteiger charge is -2.29. The van der Waals surface area contributed by atoms with Crippen LogP contribution in [0, 0.1) is 12.5 Å². The SMILES string of the molecule is [C-]#[N+]C1C[C@@H](c2ncc(-c3ccc(Br)cc3)[nH]2)N(C(=O)[C@@H](NC(=O)OC)C(C)C)C1. The highest BCUT2D eigenvalue weighted by molar-refractivity contribution is 9.10. The molecule has 0 spiro atoms. The maximum absolute atomic E-state index is 13.3. The zero-order valence-corrected chi connectivity index (χ0v) is 18.6. The van der Waals surface area contributed by atoms with Gasteiger partial charge in [-0.25, -0.2) is 16.4 Å². The second kappa shape index (κ2) is 9.30. The minimum Gasteiger partial charge on any atom is -0.453 e. The summed E-state index contributed by atoms with van der Waals surface area (Å²) in [6.07, 6.45) is 1.57. The highest BCUT2D eigenvalue weighted by Crippen LogP contribution is 2.34. The Morgan fingerprint density at radius 1 is 1.37 bits per heavy atom. The van der Waals surface area contributed by atoms with Crippen LogP contribution in [0.2, 0.25) is 0 Å². The summed E-state index contributed by atoms with van der Waals surface area (Å²) >= 11 is 3.43. The summed E-state index contributed by atoms with van der Waals surface area (Å²) in [6, 6.07) is 6.41. The topological polar surface area (TPSA) is 91.7 Å². The zero-order chi connectivity index (χ0) is 21.8. The number of alkyl carbamates (subject to hydrolysis) is 1. The number of nitrogens with zero attached hydrogens (tertiary/aromatic N) is 3. The first-order valence-corrected chi connectivity index (χ1v) is 10.5. The van der Waals surface area contributed by atoms with Crippen LogP contribution in [0.3, 0.4) is 0 Å². The first-order chi connectivity index (χ1) is 14.3. The van der Waals surface area contributed by atoms with E-state index in [1.54, 1.807) is 11.1 Å². The number of methoxy groups -OCH3 is 1. The van der Waals surface area contributed by atoms with Gasteiger partial charge in [-0.05, 0) is 23.6 Å². The molecule has 2 N–H and O–H groups in total. The molecule has 2 amide bonds. The molecule has 158 valence electrons. The van der Waals surface area contributed by atoms with E-state index in [4.69, 9.17) is 6.57 Å². The van der Waals surface area contributed by atoms with Crippen LogP contribution in [0.4, 0.5) is 4.79 Å². The number of aromatic nitrogens is 2. The van der Waals surface area contributed by atoms with Crippen molar-refractivity contribution in [3.8, 4) is 11.3 Å². The average Bonchev–Trinajstić information content (AvgIpc) is 3.38. The summed E-state index contributed by atoms with van der Waals surface area (Å²) in [6.45, 7) is 11.5. The molecule has 1 fully saturated rings. The molecule has 0 radical (unpaired) electrons. The van der Waals surface area contributed by atoms with E-state index in [0.29, 0.717) is 18.8 Å². The van der Waals surface area contributed by atoms with Crippen molar-refractivity contribution in [1.29, 1.82) is 0 Å². The Morgan fingerprint density at radius 3 is 2.67 bits per heavy atom. The van der Waals surface area contributed by atoms with Crippen molar-refractivity contribution in [3.63, 3.8) is 0 Å². The quantitative estimate of drug-likeness (QED) is 0.646. The number of hydrogen-bond donors (Lipinski definition) is 2. The molecule has 0 bridgehead atoms. The fraction of sp³-hybridized carbons (Fsp3) is 0.429. The smallest absolute Gasteiger partial charge is 0.407 e. The normalized spacial score (nSPS) is 19.4. The number of nitrogens with one attached hydrogen (secondary N) is 2. The summed E-state index contributed by atoms with van der Waals surface area (Å²) in [4.78, 5) is 38.1. The van der Waals surface area contributed by atoms with Crippen LogP contribution in [-0.2, 0) is 9.53 Å². The van der Waals surface area contributed by atoms with Crippen LogP contribution in [0.5, 0.6) is 0 Å². The molecule has 2 heterocycles. The van der Waals surface area contributed by atoms with Crippen LogP contribution in [0.15, 0.2) is 34.9 Å². The molecular formula is C21H24BrN5O3. The number of H-pyrrole nitrogens is 1. The number of rotatable bonds is 5. The molecule has 1 aliphatic rings. The molecule has 0 aliphatic carbocycles. The summed E-state index contributed by atoms with van der Waals surface area (Å²) in [5, 5.41) is 2.62. The van der Waals surface area contributed by atoms with Gasteiger partial charge in [-0.2, -0.15) is 0 Å². The molecule has 1 aromatic carbocycles. The Labute approximate surface area is 184 Å². The van der Waals surface area contributed by atoms with Gasteiger partial charge in [-0.3, -0.25) is 4.79 Å². The maximum atomic E-state index is 13.3. The third-order valence-corrected chi connectivity index (χ3v) is 5.73. The third-order valence-electron chi connectivity index (χ3n) is 5.20. The van der Waals surface area contributed by atoms with Crippen LogP contribution in [-0.4, -0.2) is 52.6 Å². The Kier molecular flexibility index (Phi) is 6.77. The van der Waals surface area contributed by atoms with Gasteiger partial charge in [0.05, 0.1) is 38.0 Å². The van der Waals surface area contributed by atoms with E-state index in [9.17, 15) is 9.59 Å². The van der Waals surface area contributed by atoms with Crippen LogP contribution < -0.4 is 5.32 Å². The van der Waals surface area contributed by atoms with Crippen LogP contribution in [0.1, 0.15) is 32.1 Å². The summed E-state index contributed by atoms with van der Waals surface area (Å²) in [5.41, 5.74) is 1.81. The number of benzene rings is 1. The predicted octanol–water partition coefficient (Wildman–Crippen LogP) is 3.78. The number of ether oxygens (including phenoxy) is 1. The van der Waals surface area contributed by atoms with Gasteiger partial charge in [-0.15, -0.1) is 0 Å². The van der Waals surface area contributed by atoms with Gasteiger partial charge in [0, 0.05) is 4.47 Å². The molecule has 9 heteroatoms. The molecule has 0 saturated carbocycles. The molecular weight excluding hydrogens is 450 g/mol. The number of halogens is 1. The summed E-state index contributed by atoms with van der Waals surface area (Å²) in [7, 11) is 1.26. The van der Waals surface area contributed by atoms with E-state index in [-0.39, 0.29) is 23.9 Å². The monoisotopic (exact) mass is 473 g/mol. The molecule has 3 atom stereocenters. The summed E-state index contributed by atoms with van der Waals surface area (Å²) < 4.78 is 5.65. The Morgan fingerprint density at radius 2 is 2.07 bits per heavy atom. The van der Waals surface area contributed by atoms with Crippen molar-refractivity contribution in [2.75, 3.05) is 13.7 Å². The van der Waals surface area contributed by atoms with E-state index in [1.807, 2.05) is 38.1 Å². The van der Waals surface area contributed by atoms with Crippen molar-refractivity contribution in [2.24, 2.45) is 5.92 Å². The van der Waals surface area contributed by atoms with E-state index < -0.39 is 12.1 Å². The van der Waals surface area contributed by atoms with Gasteiger partial charge < -0.3 is 24.8 Å². The van der Waals surface area contributed by atoms with E-state index in [1.165, 1.54) is 7.11 Å². The van der Waals surface area contributed by atoms with Gasteiger partial charge in [0.1, 0.15) is 11.9 Å². The number of amides is 2. The van der Waals surface area contributed by atoms with E-state index in [2.05, 4.69) is 40.8 Å². The van der Waals surface area contributed by atoms with Crippen LogP contribution in [0.25, 0.3) is 16.1 Å². The first-order valence-electron chi connectivity index (χ1n) is 9.66. The first kappa shape index (κ1) is 21.8. The van der Waals surface area contributed by atoms with Crippen molar-refractivity contribution in [2.45, 2.75) is 38.4 Å². The lowest BCUT2D eigenvalue weighted by molar-refractivity contribution is -0.135. The lowest BCUT2D eigenvalue weighted by Crippen LogP contribution is -2.51. The highest BCUT2D eigenvalue weighted by atomic mass is 79.9. The average molecular weight is 474 g/mol. The van der Waals surface area contributed by atoms with Gasteiger partial charge >= 0.3 is 6.09 Å². The Balaban J connectivity index is 1.87. The Bertz CT molecular complexity index is 950. The van der Waals surface area contributed by atoms with Crippen molar-refractivity contribution < 1.29 is 14.3 Å². The van der Waals surface area contributed by atoms with E-state index in [0.717, 1.165) is 15.7 Å². The molecule has 30 heavy (non-hydrogen) atoms. The van der Waals surface area contributed by atoms with Crippen molar-refractivity contribution in [1.82, 2.24) is 20.2 Å². The van der Waals surface area contributed by atoms with Gasteiger partial charge in [0.25, 0.3) is 0 Å². The predicted molar refractivity (Wildman–Crippen MR) is 115 cm³/mol. The molecule has 8 nitrogen and oxygen atoms in total. The number of carbonyl (C=O) groups is 2.